The molecule has 4 nitrogen and oxygen atoms in total. The Hall–Kier alpha value is -0.880. The van der Waals surface area contributed by atoms with E-state index in [2.05, 4.69) is 20.7 Å². The van der Waals surface area contributed by atoms with Crippen molar-refractivity contribution in [1.29, 1.82) is 0 Å². The molecule has 1 N–H and O–H groups in total. The molecule has 0 unspecified atom stereocenters. The summed E-state index contributed by atoms with van der Waals surface area (Å²) in [6, 6.07) is 5.04. The molecule has 1 amide bonds. The third-order valence-electron chi connectivity index (χ3n) is 2.19. The van der Waals surface area contributed by atoms with Crippen molar-refractivity contribution in [2.45, 2.75) is 25.7 Å². The van der Waals surface area contributed by atoms with Crippen LogP contribution in [0.5, 0.6) is 0 Å². The summed E-state index contributed by atoms with van der Waals surface area (Å²) in [5.41, 5.74) is 0.587. The number of sulfonamides is 1. The fourth-order valence-corrected chi connectivity index (χ4v) is 3.78. The summed E-state index contributed by atoms with van der Waals surface area (Å²) in [4.78, 5) is 11.6. The van der Waals surface area contributed by atoms with Crippen molar-refractivity contribution in [2.75, 3.05) is 0 Å². The van der Waals surface area contributed by atoms with Crippen LogP contribution in [0.4, 0.5) is 0 Å². The van der Waals surface area contributed by atoms with E-state index >= 15 is 0 Å². The van der Waals surface area contributed by atoms with Crippen LogP contribution >= 0.6 is 15.9 Å². The minimum atomic E-state index is -3.81. The van der Waals surface area contributed by atoms with Gasteiger partial charge in [-0.25, -0.2) is 13.1 Å². The van der Waals surface area contributed by atoms with Crippen LogP contribution in [0, 0.1) is 12.8 Å². The zero-order valence-electron chi connectivity index (χ0n) is 9.82. The zero-order valence-corrected chi connectivity index (χ0v) is 12.2. The van der Waals surface area contributed by atoms with E-state index in [1.165, 1.54) is 0 Å². The molecule has 17 heavy (non-hydrogen) atoms. The van der Waals surface area contributed by atoms with E-state index in [4.69, 9.17) is 0 Å². The maximum Gasteiger partial charge on any atom is 0.265 e. The normalized spacial score (nSPS) is 11.6. The Morgan fingerprint density at radius 1 is 1.35 bits per heavy atom. The quantitative estimate of drug-likeness (QED) is 0.929. The number of halogens is 1. The molecule has 1 aromatic rings. The van der Waals surface area contributed by atoms with E-state index < -0.39 is 15.9 Å². The number of carbonyl (C=O) groups excluding carboxylic acids is 1. The van der Waals surface area contributed by atoms with Gasteiger partial charge in [-0.15, -0.1) is 0 Å². The molecule has 94 valence electrons. The highest BCUT2D eigenvalue weighted by atomic mass is 79.9. The van der Waals surface area contributed by atoms with E-state index in [0.717, 1.165) is 0 Å². The van der Waals surface area contributed by atoms with Gasteiger partial charge in [0.15, 0.2) is 0 Å². The van der Waals surface area contributed by atoms with Crippen LogP contribution in [-0.4, -0.2) is 14.3 Å². The fourth-order valence-electron chi connectivity index (χ4n) is 1.26. The van der Waals surface area contributed by atoms with Gasteiger partial charge in [-0.3, -0.25) is 4.79 Å². The Labute approximate surface area is 110 Å². The molecular weight excluding hydrogens is 306 g/mol. The van der Waals surface area contributed by atoms with E-state index in [1.807, 2.05) is 0 Å². The third-order valence-corrected chi connectivity index (χ3v) is 4.66. The molecule has 0 aliphatic rings. The molecule has 0 aromatic heterocycles. The van der Waals surface area contributed by atoms with Gasteiger partial charge in [-0.05, 0) is 34.5 Å². The molecule has 0 aliphatic carbocycles. The molecule has 0 atom stereocenters. The number of hydrogen-bond donors (Lipinski definition) is 1. The van der Waals surface area contributed by atoms with Crippen LogP contribution in [0.3, 0.4) is 0 Å². The molecule has 0 heterocycles. The molecule has 0 saturated carbocycles. The summed E-state index contributed by atoms with van der Waals surface area (Å²) in [7, 11) is -3.81. The predicted octanol–water partition coefficient (Wildman–Crippen LogP) is 2.22. The van der Waals surface area contributed by atoms with Gasteiger partial charge in [0, 0.05) is 10.4 Å². The van der Waals surface area contributed by atoms with E-state index in [-0.39, 0.29) is 10.8 Å². The lowest BCUT2D eigenvalue weighted by molar-refractivity contribution is -0.122. The van der Waals surface area contributed by atoms with Gasteiger partial charge in [-0.1, -0.05) is 26.0 Å². The number of hydrogen-bond acceptors (Lipinski definition) is 3. The second-order valence-electron chi connectivity index (χ2n) is 4.01. The number of amides is 1. The van der Waals surface area contributed by atoms with Crippen molar-refractivity contribution in [3.05, 3.63) is 28.2 Å². The summed E-state index contributed by atoms with van der Waals surface area (Å²) in [6.45, 7) is 4.95. The standard InChI is InChI=1S/C11H14BrNO3S/c1-7(2)11(14)13-17(15,16)10-8(3)5-4-6-9(10)12/h4-7H,1-3H3,(H,13,14). The predicted molar refractivity (Wildman–Crippen MR) is 69.0 cm³/mol. The SMILES string of the molecule is Cc1cccc(Br)c1S(=O)(=O)NC(=O)C(C)C. The average Bonchev–Trinajstić information content (AvgIpc) is 2.15. The third kappa shape index (κ3) is 3.29. The average molecular weight is 320 g/mol. The molecule has 0 radical (unpaired) electrons. The first-order chi connectivity index (χ1) is 7.75. The van der Waals surface area contributed by atoms with Crippen LogP contribution in [0.15, 0.2) is 27.6 Å². The Balaban J connectivity index is 3.19. The number of rotatable bonds is 3. The molecule has 6 heteroatoms. The maximum absolute atomic E-state index is 12.0. The summed E-state index contributed by atoms with van der Waals surface area (Å²) in [5.74, 6) is -0.896. The first kappa shape index (κ1) is 14.2. The van der Waals surface area contributed by atoms with Gasteiger partial charge in [0.25, 0.3) is 10.0 Å². The molecular formula is C11H14BrNO3S. The van der Waals surface area contributed by atoms with Crippen molar-refractivity contribution in [3.63, 3.8) is 0 Å². The first-order valence-corrected chi connectivity index (χ1v) is 7.35. The van der Waals surface area contributed by atoms with Crippen molar-refractivity contribution in [1.82, 2.24) is 4.72 Å². The first-order valence-electron chi connectivity index (χ1n) is 5.07. The van der Waals surface area contributed by atoms with Crippen molar-refractivity contribution in [2.24, 2.45) is 5.92 Å². The Kier molecular flexibility index (Phi) is 4.32. The van der Waals surface area contributed by atoms with Crippen molar-refractivity contribution in [3.8, 4) is 0 Å². The molecule has 0 spiro atoms. The van der Waals surface area contributed by atoms with Gasteiger partial charge in [0.1, 0.15) is 4.90 Å². The van der Waals surface area contributed by atoms with E-state index in [0.29, 0.717) is 10.0 Å². The highest BCUT2D eigenvalue weighted by Crippen LogP contribution is 2.25. The van der Waals surface area contributed by atoms with Crippen LogP contribution in [-0.2, 0) is 14.8 Å². The molecule has 0 bridgehead atoms. The van der Waals surface area contributed by atoms with Crippen molar-refractivity contribution >= 4 is 31.9 Å². The van der Waals surface area contributed by atoms with Gasteiger partial charge in [0.05, 0.1) is 0 Å². The minimum Gasteiger partial charge on any atom is -0.274 e. The van der Waals surface area contributed by atoms with Gasteiger partial charge < -0.3 is 0 Å². The topological polar surface area (TPSA) is 63.2 Å². The van der Waals surface area contributed by atoms with Crippen molar-refractivity contribution < 1.29 is 13.2 Å². The summed E-state index contributed by atoms with van der Waals surface area (Å²) in [5, 5.41) is 0. The number of benzene rings is 1. The minimum absolute atomic E-state index is 0.106. The lowest BCUT2D eigenvalue weighted by Gasteiger charge is -2.12. The van der Waals surface area contributed by atoms with Crippen LogP contribution in [0.2, 0.25) is 0 Å². The second kappa shape index (κ2) is 5.18. The highest BCUT2D eigenvalue weighted by Gasteiger charge is 2.23. The molecule has 1 rings (SSSR count). The largest absolute Gasteiger partial charge is 0.274 e. The monoisotopic (exact) mass is 319 g/mol. The highest BCUT2D eigenvalue weighted by molar-refractivity contribution is 9.10. The molecule has 0 fully saturated rings. The lowest BCUT2D eigenvalue weighted by Crippen LogP contribution is -2.34. The van der Waals surface area contributed by atoms with Crippen LogP contribution < -0.4 is 4.72 Å². The second-order valence-corrected chi connectivity index (χ2v) is 6.48. The summed E-state index contributed by atoms with van der Waals surface area (Å²) in [6.07, 6.45) is 0. The van der Waals surface area contributed by atoms with Gasteiger partial charge in [-0.2, -0.15) is 0 Å². The van der Waals surface area contributed by atoms with Crippen LogP contribution in [0.1, 0.15) is 19.4 Å². The van der Waals surface area contributed by atoms with Gasteiger partial charge in [0.2, 0.25) is 5.91 Å². The zero-order chi connectivity index (χ0) is 13.2. The van der Waals surface area contributed by atoms with Gasteiger partial charge >= 0.3 is 0 Å². The lowest BCUT2D eigenvalue weighted by atomic mass is 10.2. The molecule has 0 saturated heterocycles. The fraction of sp³-hybridized carbons (Fsp3) is 0.364. The van der Waals surface area contributed by atoms with E-state index in [1.54, 1.807) is 39.0 Å². The smallest absolute Gasteiger partial charge is 0.265 e. The Bertz CT molecular complexity index is 517. The van der Waals surface area contributed by atoms with E-state index in [9.17, 15) is 13.2 Å². The molecule has 0 aliphatic heterocycles. The maximum atomic E-state index is 12.0. The molecule has 1 aromatic carbocycles. The summed E-state index contributed by atoms with van der Waals surface area (Å²) < 4.78 is 26.6. The summed E-state index contributed by atoms with van der Waals surface area (Å²) >= 11 is 3.18. The van der Waals surface area contributed by atoms with Crippen LogP contribution in [0.25, 0.3) is 0 Å². The number of nitrogens with one attached hydrogen (secondary N) is 1. The Morgan fingerprint density at radius 3 is 2.41 bits per heavy atom. The number of carbonyl (C=O) groups is 1. The number of aryl methyl sites for hydroxylation is 1. The Morgan fingerprint density at radius 2 is 1.94 bits per heavy atom.